The fraction of sp³-hybridized carbons (Fsp3) is 0.625. The first-order chi connectivity index (χ1) is 16.3. The average Bonchev–Trinajstić information content (AvgIpc) is 2.79. The van der Waals surface area contributed by atoms with Crippen LogP contribution in [0.1, 0.15) is 36.0 Å². The minimum Gasteiger partial charge on any atom is -0.490 e. The molecule has 0 spiro atoms. The van der Waals surface area contributed by atoms with Gasteiger partial charge in [0.1, 0.15) is 25.1 Å². The molecule has 34 heavy (non-hydrogen) atoms. The van der Waals surface area contributed by atoms with E-state index in [1.54, 1.807) is 30.1 Å². The van der Waals surface area contributed by atoms with E-state index in [-0.39, 0.29) is 49.2 Å². The number of benzene rings is 1. The van der Waals surface area contributed by atoms with Crippen molar-refractivity contribution in [2.24, 2.45) is 0 Å². The molecule has 1 saturated heterocycles. The van der Waals surface area contributed by atoms with Crippen LogP contribution in [0, 0.1) is 0 Å². The van der Waals surface area contributed by atoms with Gasteiger partial charge in [0, 0.05) is 26.4 Å². The number of fused-ring (bicyclic) bond motifs is 2. The molecule has 0 aromatic heterocycles. The molecule has 2 N–H and O–H groups in total. The average molecular weight is 477 g/mol. The summed E-state index contributed by atoms with van der Waals surface area (Å²) in [6.45, 7) is 1.76. The second-order valence-corrected chi connectivity index (χ2v) is 9.07. The van der Waals surface area contributed by atoms with Gasteiger partial charge >= 0.3 is 0 Å². The number of nitrogens with zero attached hydrogens (tertiary/aromatic N) is 2. The van der Waals surface area contributed by atoms with E-state index in [0.29, 0.717) is 42.8 Å². The lowest BCUT2D eigenvalue weighted by molar-refractivity contribution is -0.134. The van der Waals surface area contributed by atoms with Gasteiger partial charge in [-0.1, -0.05) is 0 Å². The van der Waals surface area contributed by atoms with Crippen molar-refractivity contribution in [3.05, 3.63) is 23.8 Å². The van der Waals surface area contributed by atoms with Crippen molar-refractivity contribution in [3.63, 3.8) is 0 Å². The Balaban J connectivity index is 1.61. The molecular formula is C24H36N4O6. The van der Waals surface area contributed by atoms with Crippen LogP contribution in [0.25, 0.3) is 0 Å². The van der Waals surface area contributed by atoms with Crippen LogP contribution in [0.2, 0.25) is 0 Å². The standard InChI is InChI=1S/C24H36N4O6/c1-27(2)11-5-10-25-22(29)13-17-7-8-19-21(34-17)14-33-20-9-6-16(26-23(30)15-32-4)12-18(20)24(31)28(19)3/h6,9,12,17,19,21H,5,7-8,10-11,13-15H2,1-4H3,(H,25,29)(H,26,30)/t17-,19-,21-/m1/s1. The zero-order valence-electron chi connectivity index (χ0n) is 20.5. The maximum Gasteiger partial charge on any atom is 0.257 e. The van der Waals surface area contributed by atoms with Crippen molar-refractivity contribution in [3.8, 4) is 5.75 Å². The molecule has 1 aromatic carbocycles. The van der Waals surface area contributed by atoms with Crippen molar-refractivity contribution in [2.75, 3.05) is 59.9 Å². The second kappa shape index (κ2) is 12.1. The van der Waals surface area contributed by atoms with E-state index in [2.05, 4.69) is 15.5 Å². The predicted molar refractivity (Wildman–Crippen MR) is 127 cm³/mol. The Morgan fingerprint density at radius 1 is 1.24 bits per heavy atom. The maximum absolute atomic E-state index is 13.2. The molecule has 1 aromatic rings. The molecule has 0 bridgehead atoms. The second-order valence-electron chi connectivity index (χ2n) is 9.07. The monoisotopic (exact) mass is 476 g/mol. The van der Waals surface area contributed by atoms with E-state index in [9.17, 15) is 14.4 Å². The Morgan fingerprint density at radius 3 is 2.76 bits per heavy atom. The number of rotatable bonds is 9. The zero-order chi connectivity index (χ0) is 24.7. The number of carbonyl (C=O) groups excluding carboxylic acids is 3. The molecule has 1 fully saturated rings. The third-order valence-corrected chi connectivity index (χ3v) is 6.09. The molecular weight excluding hydrogens is 440 g/mol. The zero-order valence-corrected chi connectivity index (χ0v) is 20.5. The number of carbonyl (C=O) groups is 3. The summed E-state index contributed by atoms with van der Waals surface area (Å²) in [5.41, 5.74) is 0.884. The normalized spacial score (nSPS) is 22.2. The number of hydrogen-bond acceptors (Lipinski definition) is 7. The summed E-state index contributed by atoms with van der Waals surface area (Å²) >= 11 is 0. The first-order valence-corrected chi connectivity index (χ1v) is 11.7. The van der Waals surface area contributed by atoms with Gasteiger partial charge in [-0.15, -0.1) is 0 Å². The summed E-state index contributed by atoms with van der Waals surface area (Å²) in [7, 11) is 7.21. The molecule has 3 amide bonds. The molecule has 3 atom stereocenters. The van der Waals surface area contributed by atoms with Crippen LogP contribution >= 0.6 is 0 Å². The Bertz CT molecular complexity index is 877. The van der Waals surface area contributed by atoms with Gasteiger partial charge in [-0.05, 0) is 58.1 Å². The van der Waals surface area contributed by atoms with Crippen LogP contribution in [0.4, 0.5) is 5.69 Å². The Kier molecular flexibility index (Phi) is 9.26. The van der Waals surface area contributed by atoms with Crippen molar-refractivity contribution < 1.29 is 28.6 Å². The fourth-order valence-corrected chi connectivity index (χ4v) is 4.34. The van der Waals surface area contributed by atoms with Crippen molar-refractivity contribution in [1.29, 1.82) is 0 Å². The lowest BCUT2D eigenvalue weighted by atomic mass is 9.94. The number of amides is 3. The highest BCUT2D eigenvalue weighted by atomic mass is 16.5. The van der Waals surface area contributed by atoms with Gasteiger partial charge in [0.2, 0.25) is 11.8 Å². The minimum absolute atomic E-state index is 0.0215. The highest BCUT2D eigenvalue weighted by Crippen LogP contribution is 2.32. The summed E-state index contributed by atoms with van der Waals surface area (Å²) in [4.78, 5) is 41.2. The third-order valence-electron chi connectivity index (χ3n) is 6.09. The van der Waals surface area contributed by atoms with E-state index >= 15 is 0 Å². The Morgan fingerprint density at radius 2 is 2.03 bits per heavy atom. The van der Waals surface area contributed by atoms with Gasteiger partial charge in [0.25, 0.3) is 5.91 Å². The lowest BCUT2D eigenvalue weighted by Crippen LogP contribution is -2.54. The van der Waals surface area contributed by atoms with Crippen LogP contribution in [-0.2, 0) is 19.1 Å². The molecule has 188 valence electrons. The molecule has 0 saturated carbocycles. The number of anilines is 1. The smallest absolute Gasteiger partial charge is 0.257 e. The number of nitrogens with one attached hydrogen (secondary N) is 2. The highest BCUT2D eigenvalue weighted by molar-refractivity contribution is 6.00. The molecule has 0 unspecified atom stereocenters. The van der Waals surface area contributed by atoms with Crippen molar-refractivity contribution >= 4 is 23.4 Å². The van der Waals surface area contributed by atoms with E-state index in [4.69, 9.17) is 14.2 Å². The van der Waals surface area contributed by atoms with Crippen LogP contribution < -0.4 is 15.4 Å². The number of methoxy groups -OCH3 is 1. The quantitative estimate of drug-likeness (QED) is 0.514. The van der Waals surface area contributed by atoms with Gasteiger partial charge in [-0.2, -0.15) is 0 Å². The predicted octanol–water partition coefficient (Wildman–Crippen LogP) is 1.11. The van der Waals surface area contributed by atoms with Gasteiger partial charge < -0.3 is 34.6 Å². The fourth-order valence-electron chi connectivity index (χ4n) is 4.34. The highest BCUT2D eigenvalue weighted by Gasteiger charge is 2.39. The summed E-state index contributed by atoms with van der Waals surface area (Å²) in [5.74, 6) is -0.0899. The summed E-state index contributed by atoms with van der Waals surface area (Å²) in [6.07, 6.45) is 2.05. The van der Waals surface area contributed by atoms with Crippen molar-refractivity contribution in [1.82, 2.24) is 15.1 Å². The Labute approximate surface area is 200 Å². The van der Waals surface area contributed by atoms with Crippen LogP contribution in [0.5, 0.6) is 5.75 Å². The van der Waals surface area contributed by atoms with E-state index in [1.807, 2.05) is 14.1 Å². The molecule has 3 rings (SSSR count). The molecule has 0 aliphatic carbocycles. The summed E-state index contributed by atoms with van der Waals surface area (Å²) in [6, 6.07) is 4.82. The van der Waals surface area contributed by atoms with E-state index < -0.39 is 0 Å². The molecule has 2 heterocycles. The van der Waals surface area contributed by atoms with Gasteiger partial charge in [0.15, 0.2) is 0 Å². The first kappa shape index (κ1) is 25.9. The van der Waals surface area contributed by atoms with Crippen LogP contribution in [0.15, 0.2) is 18.2 Å². The SMILES string of the molecule is COCC(=O)Nc1ccc2c(c1)C(=O)N(C)[C@@H]1CC[C@H](CC(=O)NCCCN(C)C)O[C@@H]1CO2. The van der Waals surface area contributed by atoms with Gasteiger partial charge in [-0.3, -0.25) is 14.4 Å². The van der Waals surface area contributed by atoms with Crippen LogP contribution in [0.3, 0.4) is 0 Å². The van der Waals surface area contributed by atoms with E-state index in [0.717, 1.165) is 13.0 Å². The molecule has 2 aliphatic heterocycles. The lowest BCUT2D eigenvalue weighted by Gasteiger charge is -2.42. The first-order valence-electron chi connectivity index (χ1n) is 11.7. The Hall–Kier alpha value is -2.69. The van der Waals surface area contributed by atoms with Crippen molar-refractivity contribution in [2.45, 2.75) is 43.9 Å². The molecule has 10 nitrogen and oxygen atoms in total. The number of hydrogen-bond donors (Lipinski definition) is 2. The number of ether oxygens (including phenoxy) is 3. The summed E-state index contributed by atoms with van der Waals surface area (Å²) in [5, 5.41) is 5.67. The van der Waals surface area contributed by atoms with E-state index in [1.165, 1.54) is 7.11 Å². The molecule has 2 aliphatic rings. The summed E-state index contributed by atoms with van der Waals surface area (Å²) < 4.78 is 17.0. The largest absolute Gasteiger partial charge is 0.490 e. The minimum atomic E-state index is -0.330. The van der Waals surface area contributed by atoms with Crippen LogP contribution in [-0.4, -0.2) is 100 Å². The van der Waals surface area contributed by atoms with Gasteiger partial charge in [-0.25, -0.2) is 0 Å². The maximum atomic E-state index is 13.2. The molecule has 10 heteroatoms. The molecule has 0 radical (unpaired) electrons. The third kappa shape index (κ3) is 6.91. The topological polar surface area (TPSA) is 109 Å². The number of likely N-dealkylation sites (N-methyl/N-ethyl adjacent to an activating group) is 1. The van der Waals surface area contributed by atoms with Gasteiger partial charge in [0.05, 0.1) is 24.1 Å².